The van der Waals surface area contributed by atoms with Crippen molar-refractivity contribution in [3.63, 3.8) is 0 Å². The fourth-order valence-electron chi connectivity index (χ4n) is 2.61. The Balaban J connectivity index is 1.84. The van der Waals surface area contributed by atoms with Gasteiger partial charge in [-0.3, -0.25) is 4.79 Å². The second-order valence-corrected chi connectivity index (χ2v) is 6.36. The number of nitrogens with zero attached hydrogens (tertiary/aromatic N) is 2. The fraction of sp³-hybridized carbons (Fsp3) is 0.235. The van der Waals surface area contributed by atoms with Crippen molar-refractivity contribution in [1.29, 1.82) is 0 Å². The topological polar surface area (TPSA) is 89.6 Å². The molecule has 1 aromatic carbocycles. The van der Waals surface area contributed by atoms with Crippen LogP contribution in [0.15, 0.2) is 41.5 Å². The highest BCUT2D eigenvalue weighted by atomic mass is 35.5. The Morgan fingerprint density at radius 3 is 2.68 bits per heavy atom. The number of amidine groups is 1. The van der Waals surface area contributed by atoms with Crippen molar-refractivity contribution in [3.05, 3.63) is 58.6 Å². The lowest BCUT2D eigenvalue weighted by Crippen LogP contribution is -2.40. The molecule has 3 N–H and O–H groups in total. The molecule has 0 spiro atoms. The lowest BCUT2D eigenvalue weighted by molar-refractivity contribution is -0.204. The lowest BCUT2D eigenvalue weighted by Gasteiger charge is -2.29. The molecule has 11 heteroatoms. The standard InChI is InChI=1S/C17H13ClF4N4O2/c18-8-1-4-12(24-7-8)15(27)25-9-2-3-11(19)10(5-9)13-6-14(17(20,21)22)28-16(23)26-13/h1-5,7,13-14H,6H2,(H2,23,26)(H,25,27)/t13-,14-/m0/s1. The van der Waals surface area contributed by atoms with Gasteiger partial charge < -0.3 is 15.8 Å². The summed E-state index contributed by atoms with van der Waals surface area (Å²) >= 11 is 5.71. The molecule has 6 nitrogen and oxygen atoms in total. The molecule has 1 amide bonds. The number of hydrogen-bond donors (Lipinski definition) is 2. The molecule has 0 unspecified atom stereocenters. The Morgan fingerprint density at radius 1 is 1.29 bits per heavy atom. The van der Waals surface area contributed by atoms with Crippen LogP contribution >= 0.6 is 11.6 Å². The summed E-state index contributed by atoms with van der Waals surface area (Å²) in [5.41, 5.74) is 5.38. The summed E-state index contributed by atoms with van der Waals surface area (Å²) in [5, 5.41) is 2.84. The second-order valence-electron chi connectivity index (χ2n) is 5.92. The molecule has 148 valence electrons. The Hall–Kier alpha value is -2.88. The van der Waals surface area contributed by atoms with E-state index in [1.807, 2.05) is 0 Å². The summed E-state index contributed by atoms with van der Waals surface area (Å²) < 4.78 is 57.6. The maximum absolute atomic E-state index is 14.2. The van der Waals surface area contributed by atoms with Crippen LogP contribution in [0, 0.1) is 5.82 Å². The largest absolute Gasteiger partial charge is 0.452 e. The number of anilines is 1. The van der Waals surface area contributed by atoms with Crippen LogP contribution in [0.4, 0.5) is 23.2 Å². The van der Waals surface area contributed by atoms with Gasteiger partial charge in [0, 0.05) is 23.9 Å². The van der Waals surface area contributed by atoms with Gasteiger partial charge in [0.15, 0.2) is 6.10 Å². The zero-order valence-corrected chi connectivity index (χ0v) is 14.8. The molecule has 2 aromatic rings. The summed E-state index contributed by atoms with van der Waals surface area (Å²) in [7, 11) is 0. The predicted octanol–water partition coefficient (Wildman–Crippen LogP) is 3.83. The molecule has 0 radical (unpaired) electrons. The number of ether oxygens (including phenoxy) is 1. The minimum Gasteiger partial charge on any atom is -0.452 e. The molecule has 1 aliphatic rings. The number of carbonyl (C=O) groups is 1. The summed E-state index contributed by atoms with van der Waals surface area (Å²) in [6.07, 6.45) is -6.24. The fourth-order valence-corrected chi connectivity index (χ4v) is 2.72. The Labute approximate surface area is 161 Å². The molecule has 2 atom stereocenters. The van der Waals surface area contributed by atoms with E-state index in [0.29, 0.717) is 5.02 Å². The van der Waals surface area contributed by atoms with Crippen LogP contribution < -0.4 is 11.1 Å². The first-order valence-corrected chi connectivity index (χ1v) is 8.30. The third-order valence-electron chi connectivity index (χ3n) is 3.92. The molecule has 1 aliphatic heterocycles. The molecule has 2 heterocycles. The molecule has 28 heavy (non-hydrogen) atoms. The number of amides is 1. The van der Waals surface area contributed by atoms with Gasteiger partial charge in [-0.05, 0) is 30.3 Å². The minimum absolute atomic E-state index is 0.0562. The Kier molecular flexibility index (Phi) is 5.41. The number of hydrogen-bond acceptors (Lipinski definition) is 5. The summed E-state index contributed by atoms with van der Waals surface area (Å²) in [5.74, 6) is -1.38. The van der Waals surface area contributed by atoms with E-state index in [2.05, 4.69) is 20.0 Å². The predicted molar refractivity (Wildman–Crippen MR) is 93.5 cm³/mol. The highest BCUT2D eigenvalue weighted by molar-refractivity contribution is 6.30. The van der Waals surface area contributed by atoms with Crippen LogP contribution in [0.2, 0.25) is 5.02 Å². The van der Waals surface area contributed by atoms with Gasteiger partial charge in [0.2, 0.25) is 0 Å². The monoisotopic (exact) mass is 416 g/mol. The van der Waals surface area contributed by atoms with Crippen molar-refractivity contribution < 1.29 is 27.1 Å². The number of alkyl halides is 3. The first-order valence-electron chi connectivity index (χ1n) is 7.92. The van der Waals surface area contributed by atoms with Gasteiger partial charge >= 0.3 is 6.18 Å². The van der Waals surface area contributed by atoms with Crippen LogP contribution in [0.1, 0.15) is 28.5 Å². The van der Waals surface area contributed by atoms with Crippen LogP contribution in [0.25, 0.3) is 0 Å². The molecule has 0 aliphatic carbocycles. The molecule has 0 saturated heterocycles. The van der Waals surface area contributed by atoms with Gasteiger partial charge in [-0.25, -0.2) is 14.4 Å². The van der Waals surface area contributed by atoms with Gasteiger partial charge in [-0.15, -0.1) is 0 Å². The zero-order chi connectivity index (χ0) is 20.5. The van der Waals surface area contributed by atoms with E-state index in [9.17, 15) is 22.4 Å². The van der Waals surface area contributed by atoms with E-state index < -0.39 is 42.5 Å². The maximum atomic E-state index is 14.2. The number of carbonyl (C=O) groups excluding carboxylic acids is 1. The van der Waals surface area contributed by atoms with E-state index in [0.717, 1.165) is 6.07 Å². The Bertz CT molecular complexity index is 918. The van der Waals surface area contributed by atoms with Gasteiger partial charge in [0.1, 0.15) is 11.5 Å². The second kappa shape index (κ2) is 7.63. The van der Waals surface area contributed by atoms with Crippen LogP contribution in [0.3, 0.4) is 0 Å². The van der Waals surface area contributed by atoms with Crippen LogP contribution in [-0.4, -0.2) is 29.2 Å². The number of nitrogens with two attached hydrogens (primary N) is 1. The van der Waals surface area contributed by atoms with Crippen molar-refractivity contribution in [2.45, 2.75) is 24.7 Å². The average Bonchev–Trinajstić information content (AvgIpc) is 2.62. The molecule has 0 fully saturated rings. The molecule has 1 aromatic heterocycles. The number of benzene rings is 1. The van der Waals surface area contributed by atoms with E-state index in [1.54, 1.807) is 0 Å². The summed E-state index contributed by atoms with van der Waals surface area (Å²) in [6.45, 7) is 0. The lowest BCUT2D eigenvalue weighted by atomic mass is 9.98. The Morgan fingerprint density at radius 2 is 2.04 bits per heavy atom. The molecular weight excluding hydrogens is 404 g/mol. The van der Waals surface area contributed by atoms with E-state index in [4.69, 9.17) is 17.3 Å². The highest BCUT2D eigenvalue weighted by Gasteiger charge is 2.46. The van der Waals surface area contributed by atoms with Crippen LogP contribution in [-0.2, 0) is 4.74 Å². The van der Waals surface area contributed by atoms with E-state index in [-0.39, 0.29) is 16.9 Å². The summed E-state index contributed by atoms with van der Waals surface area (Å²) in [6, 6.07) is 4.44. The SMILES string of the molecule is NC1=N[C@H](c2cc(NC(=O)c3ccc(Cl)cn3)ccc2F)C[C@@H](C(F)(F)F)O1. The molecule has 0 bridgehead atoms. The van der Waals surface area contributed by atoms with Gasteiger partial charge in [-0.1, -0.05) is 11.6 Å². The number of halogens is 5. The third-order valence-corrected chi connectivity index (χ3v) is 4.14. The van der Waals surface area contributed by atoms with Crippen molar-refractivity contribution in [1.82, 2.24) is 4.98 Å². The average molecular weight is 417 g/mol. The number of aliphatic imine (C=N–C) groups is 1. The first kappa shape index (κ1) is 19.9. The minimum atomic E-state index is -4.68. The number of nitrogens with one attached hydrogen (secondary N) is 1. The molecule has 0 saturated carbocycles. The smallest absolute Gasteiger partial charge is 0.425 e. The molecule has 3 rings (SSSR count). The normalized spacial score (nSPS) is 19.5. The van der Waals surface area contributed by atoms with E-state index >= 15 is 0 Å². The first-order chi connectivity index (χ1) is 13.1. The highest BCUT2D eigenvalue weighted by Crippen LogP contribution is 2.37. The zero-order valence-electron chi connectivity index (χ0n) is 14.0. The van der Waals surface area contributed by atoms with Gasteiger partial charge in [0.05, 0.1) is 11.1 Å². The third kappa shape index (κ3) is 4.50. The molecular formula is C17H13ClF4N4O2. The van der Waals surface area contributed by atoms with E-state index in [1.165, 1.54) is 30.5 Å². The van der Waals surface area contributed by atoms with Crippen molar-refractivity contribution in [3.8, 4) is 0 Å². The number of rotatable bonds is 3. The quantitative estimate of drug-likeness (QED) is 0.744. The maximum Gasteiger partial charge on any atom is 0.425 e. The summed E-state index contributed by atoms with van der Waals surface area (Å²) in [4.78, 5) is 19.8. The number of pyridine rings is 1. The number of aromatic nitrogens is 1. The van der Waals surface area contributed by atoms with Crippen molar-refractivity contribution in [2.75, 3.05) is 5.32 Å². The van der Waals surface area contributed by atoms with Gasteiger partial charge in [0.25, 0.3) is 11.9 Å². The van der Waals surface area contributed by atoms with Crippen molar-refractivity contribution >= 4 is 29.2 Å². The van der Waals surface area contributed by atoms with Crippen LogP contribution in [0.5, 0.6) is 0 Å². The van der Waals surface area contributed by atoms with Crippen molar-refractivity contribution in [2.24, 2.45) is 10.7 Å². The van der Waals surface area contributed by atoms with Gasteiger partial charge in [-0.2, -0.15) is 13.2 Å².